The second kappa shape index (κ2) is 11.3. The van der Waals surface area contributed by atoms with Gasteiger partial charge in [-0.05, 0) is 57.2 Å². The van der Waals surface area contributed by atoms with E-state index < -0.39 is 38.7 Å². The lowest BCUT2D eigenvalue weighted by Crippen LogP contribution is -2.60. The van der Waals surface area contributed by atoms with Crippen LogP contribution < -0.4 is 14.8 Å². The standard InChI is InChI=1S/C27H27N3O9S/c1-4-37-25(31)27(26(32)38-5-2)21-16-18(29-40(35,36)19-13-10-17(3)11-14-19)12-15-23(21)39-24(28-27)20-8-6-7-9-22(20)30(33)34/h6-16,24,28-29H,4-5H2,1-3H3. The number of carbonyl (C=O) groups excluding carboxylic acids is 2. The fraction of sp³-hybridized carbons (Fsp3) is 0.259. The van der Waals surface area contributed by atoms with Crippen molar-refractivity contribution in [2.24, 2.45) is 0 Å². The van der Waals surface area contributed by atoms with E-state index in [0.29, 0.717) is 0 Å². The second-order valence-corrected chi connectivity index (χ2v) is 10.5. The molecule has 0 spiro atoms. The molecule has 1 unspecified atom stereocenters. The zero-order valence-corrected chi connectivity index (χ0v) is 22.7. The first-order valence-electron chi connectivity index (χ1n) is 12.3. The number of ether oxygens (including phenoxy) is 3. The Hall–Kier alpha value is -4.49. The number of sulfonamides is 1. The number of hydrogen-bond donors (Lipinski definition) is 2. The van der Waals surface area contributed by atoms with Crippen molar-refractivity contribution in [2.45, 2.75) is 37.4 Å². The van der Waals surface area contributed by atoms with Crippen LogP contribution in [0.3, 0.4) is 0 Å². The van der Waals surface area contributed by atoms with Crippen molar-refractivity contribution in [2.75, 3.05) is 17.9 Å². The minimum absolute atomic E-state index is 0.00342. The number of nitrogens with zero attached hydrogens (tertiary/aromatic N) is 1. The van der Waals surface area contributed by atoms with Crippen molar-refractivity contribution >= 4 is 33.3 Å². The molecule has 1 heterocycles. The summed E-state index contributed by atoms with van der Waals surface area (Å²) in [6, 6.07) is 15.9. The summed E-state index contributed by atoms with van der Waals surface area (Å²) in [7, 11) is -4.04. The van der Waals surface area contributed by atoms with Gasteiger partial charge in [0.2, 0.25) is 5.54 Å². The van der Waals surface area contributed by atoms with Crippen LogP contribution >= 0.6 is 0 Å². The Morgan fingerprint density at radius 2 is 1.65 bits per heavy atom. The van der Waals surface area contributed by atoms with Gasteiger partial charge in [0.15, 0.2) is 6.23 Å². The summed E-state index contributed by atoms with van der Waals surface area (Å²) in [6.45, 7) is 4.70. The second-order valence-electron chi connectivity index (χ2n) is 8.78. The number of para-hydroxylation sites is 1. The maximum Gasteiger partial charge on any atom is 0.343 e. The van der Waals surface area contributed by atoms with Crippen LogP contribution in [0.15, 0.2) is 71.6 Å². The van der Waals surface area contributed by atoms with Crippen LogP contribution in [0.5, 0.6) is 5.75 Å². The Labute approximate surface area is 230 Å². The third kappa shape index (κ3) is 5.33. The number of aryl methyl sites for hydroxylation is 1. The molecule has 12 nitrogen and oxygen atoms in total. The van der Waals surface area contributed by atoms with E-state index in [1.54, 1.807) is 32.0 Å². The van der Waals surface area contributed by atoms with Crippen molar-refractivity contribution in [1.29, 1.82) is 0 Å². The SMILES string of the molecule is CCOC(=O)C1(C(=O)OCC)NC(c2ccccc2[N+](=O)[O-])Oc2ccc(NS(=O)(=O)c3ccc(C)cc3)cc21. The topological polar surface area (TPSA) is 163 Å². The van der Waals surface area contributed by atoms with Crippen molar-refractivity contribution in [3.05, 3.63) is 93.5 Å². The third-order valence-corrected chi connectivity index (χ3v) is 7.54. The lowest BCUT2D eigenvalue weighted by Gasteiger charge is -2.39. The number of fused-ring (bicyclic) bond motifs is 1. The van der Waals surface area contributed by atoms with Crippen LogP contribution in [0, 0.1) is 17.0 Å². The minimum atomic E-state index is -4.04. The Balaban J connectivity index is 1.88. The van der Waals surface area contributed by atoms with Crippen LogP contribution in [0.2, 0.25) is 0 Å². The number of carbonyl (C=O) groups is 2. The highest BCUT2D eigenvalue weighted by Gasteiger charge is 2.57. The van der Waals surface area contributed by atoms with Gasteiger partial charge in [-0.25, -0.2) is 23.3 Å². The predicted molar refractivity (Wildman–Crippen MR) is 143 cm³/mol. The van der Waals surface area contributed by atoms with Gasteiger partial charge >= 0.3 is 11.9 Å². The molecular formula is C27H27N3O9S. The molecular weight excluding hydrogens is 542 g/mol. The number of esters is 2. The van der Waals surface area contributed by atoms with Gasteiger partial charge in [-0.2, -0.15) is 0 Å². The van der Waals surface area contributed by atoms with Crippen LogP contribution in [0.4, 0.5) is 11.4 Å². The number of hydrogen-bond acceptors (Lipinski definition) is 10. The number of nitro groups is 1. The number of anilines is 1. The Morgan fingerprint density at radius 3 is 2.25 bits per heavy atom. The zero-order chi connectivity index (χ0) is 29.1. The molecule has 0 saturated heterocycles. The number of nitro benzene ring substituents is 1. The van der Waals surface area contributed by atoms with E-state index in [9.17, 15) is 28.1 Å². The molecule has 210 valence electrons. The van der Waals surface area contributed by atoms with Crippen LogP contribution in [-0.4, -0.2) is 38.5 Å². The molecule has 2 N–H and O–H groups in total. The molecule has 1 atom stereocenters. The first-order chi connectivity index (χ1) is 19.0. The average Bonchev–Trinajstić information content (AvgIpc) is 2.92. The van der Waals surface area contributed by atoms with Crippen LogP contribution in [0.1, 0.15) is 36.8 Å². The summed E-state index contributed by atoms with van der Waals surface area (Å²) in [5.41, 5.74) is -1.82. The Bertz CT molecular complexity index is 1540. The van der Waals surface area contributed by atoms with Gasteiger partial charge in [-0.3, -0.25) is 14.8 Å². The number of nitrogens with one attached hydrogen (secondary N) is 2. The summed E-state index contributed by atoms with van der Waals surface area (Å²) >= 11 is 0. The molecule has 1 aliphatic heterocycles. The highest BCUT2D eigenvalue weighted by Crippen LogP contribution is 2.43. The van der Waals surface area contributed by atoms with Gasteiger partial charge in [-0.1, -0.05) is 29.8 Å². The zero-order valence-electron chi connectivity index (χ0n) is 21.9. The summed E-state index contributed by atoms with van der Waals surface area (Å²) < 4.78 is 45.1. The molecule has 0 bridgehead atoms. The summed E-state index contributed by atoms with van der Waals surface area (Å²) in [5.74, 6) is -2.12. The normalized spacial score (nSPS) is 15.7. The summed E-state index contributed by atoms with van der Waals surface area (Å²) in [4.78, 5) is 38.2. The van der Waals surface area contributed by atoms with Gasteiger partial charge in [0.05, 0.1) is 28.6 Å². The van der Waals surface area contributed by atoms with E-state index in [2.05, 4.69) is 10.0 Å². The molecule has 3 aromatic carbocycles. The Morgan fingerprint density at radius 1 is 1.02 bits per heavy atom. The molecule has 0 aliphatic carbocycles. The molecule has 13 heteroatoms. The predicted octanol–water partition coefficient (Wildman–Crippen LogP) is 3.71. The van der Waals surface area contributed by atoms with Gasteiger partial charge in [0, 0.05) is 17.3 Å². The van der Waals surface area contributed by atoms with Gasteiger partial charge in [0.25, 0.3) is 15.7 Å². The highest BCUT2D eigenvalue weighted by atomic mass is 32.2. The number of rotatable bonds is 9. The first-order valence-corrected chi connectivity index (χ1v) is 13.8. The van der Waals surface area contributed by atoms with E-state index in [0.717, 1.165) is 5.56 Å². The van der Waals surface area contributed by atoms with E-state index >= 15 is 0 Å². The molecule has 0 radical (unpaired) electrons. The van der Waals surface area contributed by atoms with Crippen molar-refractivity contribution < 1.29 is 37.1 Å². The van der Waals surface area contributed by atoms with Crippen molar-refractivity contribution in [3.8, 4) is 5.75 Å². The third-order valence-electron chi connectivity index (χ3n) is 6.14. The van der Waals surface area contributed by atoms with Gasteiger partial charge in [-0.15, -0.1) is 0 Å². The van der Waals surface area contributed by atoms with Gasteiger partial charge in [0.1, 0.15) is 5.75 Å². The quantitative estimate of drug-likeness (QED) is 0.168. The van der Waals surface area contributed by atoms with Gasteiger partial charge < -0.3 is 14.2 Å². The highest BCUT2D eigenvalue weighted by molar-refractivity contribution is 7.92. The summed E-state index contributed by atoms with van der Waals surface area (Å²) in [5, 5.41) is 14.5. The maximum absolute atomic E-state index is 13.5. The van der Waals surface area contributed by atoms with Crippen molar-refractivity contribution in [3.63, 3.8) is 0 Å². The largest absolute Gasteiger partial charge is 0.470 e. The maximum atomic E-state index is 13.5. The molecule has 40 heavy (non-hydrogen) atoms. The average molecular weight is 570 g/mol. The molecule has 0 fully saturated rings. The van der Waals surface area contributed by atoms with Crippen molar-refractivity contribution in [1.82, 2.24) is 5.32 Å². The molecule has 3 aromatic rings. The minimum Gasteiger partial charge on any atom is -0.470 e. The smallest absolute Gasteiger partial charge is 0.343 e. The van der Waals surface area contributed by atoms with E-state index in [1.807, 2.05) is 6.92 Å². The molecule has 0 aromatic heterocycles. The van der Waals surface area contributed by atoms with E-state index in [-0.39, 0.29) is 46.4 Å². The molecule has 1 aliphatic rings. The van der Waals surface area contributed by atoms with Crippen LogP contribution in [0.25, 0.3) is 0 Å². The summed E-state index contributed by atoms with van der Waals surface area (Å²) in [6.07, 6.45) is -1.35. The monoisotopic (exact) mass is 569 g/mol. The number of benzene rings is 3. The molecule has 0 saturated carbocycles. The van der Waals surface area contributed by atoms with E-state index in [1.165, 1.54) is 48.5 Å². The lowest BCUT2D eigenvalue weighted by molar-refractivity contribution is -0.386. The molecule has 0 amide bonds. The fourth-order valence-electron chi connectivity index (χ4n) is 4.27. The van der Waals surface area contributed by atoms with E-state index in [4.69, 9.17) is 14.2 Å². The Kier molecular flexibility index (Phi) is 8.07. The van der Waals surface area contributed by atoms with Crippen LogP contribution in [-0.2, 0) is 34.6 Å². The first kappa shape index (κ1) is 28.5. The molecule has 4 rings (SSSR count). The lowest BCUT2D eigenvalue weighted by atomic mass is 9.86. The fourth-order valence-corrected chi connectivity index (χ4v) is 5.32.